The molecule has 1 atom stereocenters. The fraction of sp³-hybridized carbons (Fsp3) is 0.391. The molecule has 0 N–H and O–H groups in total. The lowest BCUT2D eigenvalue weighted by atomic mass is 10.2. The number of carbonyl (C=O) groups excluding carboxylic acids is 1. The van der Waals surface area contributed by atoms with E-state index in [0.29, 0.717) is 38.0 Å². The number of benzene rings is 2. The predicted octanol–water partition coefficient (Wildman–Crippen LogP) is 2.78. The molecule has 0 aliphatic carbocycles. The molecule has 0 aromatic heterocycles. The van der Waals surface area contributed by atoms with Gasteiger partial charge in [-0.15, -0.1) is 11.8 Å². The molecule has 2 aliphatic rings. The molecule has 1 fully saturated rings. The second kappa shape index (κ2) is 9.63. The van der Waals surface area contributed by atoms with Gasteiger partial charge in [0, 0.05) is 42.9 Å². The fourth-order valence-corrected chi connectivity index (χ4v) is 6.75. The molecule has 0 spiro atoms. The Morgan fingerprint density at radius 1 is 1.06 bits per heavy atom. The summed E-state index contributed by atoms with van der Waals surface area (Å²) in [5, 5.41) is 9.71. The molecule has 7 nitrogen and oxygen atoms in total. The lowest BCUT2D eigenvalue weighted by Crippen LogP contribution is -2.51. The molecular weight excluding hydrogens is 444 g/mol. The topological polar surface area (TPSA) is 84.7 Å². The average Bonchev–Trinajstić information content (AvgIpc) is 2.97. The first-order chi connectivity index (χ1) is 15.4. The number of hydrogen-bond acceptors (Lipinski definition) is 6. The Hall–Kier alpha value is -2.38. The van der Waals surface area contributed by atoms with Gasteiger partial charge in [0.1, 0.15) is 6.07 Å². The number of piperazine rings is 1. The molecule has 1 saturated heterocycles. The molecule has 4 rings (SSSR count). The molecule has 0 saturated carbocycles. The summed E-state index contributed by atoms with van der Waals surface area (Å²) in [7, 11) is -3.74. The Bertz CT molecular complexity index is 1140. The Labute approximate surface area is 193 Å². The molecule has 2 aliphatic heterocycles. The minimum absolute atomic E-state index is 0.0401. The van der Waals surface area contributed by atoms with Crippen LogP contribution in [-0.2, 0) is 14.8 Å². The van der Waals surface area contributed by atoms with Gasteiger partial charge in [-0.2, -0.15) is 9.57 Å². The highest BCUT2D eigenvalue weighted by Crippen LogP contribution is 2.37. The third kappa shape index (κ3) is 4.69. The fourth-order valence-electron chi connectivity index (χ4n) is 4.07. The second-order valence-corrected chi connectivity index (χ2v) is 11.4. The summed E-state index contributed by atoms with van der Waals surface area (Å²) >= 11 is 1.80. The van der Waals surface area contributed by atoms with Gasteiger partial charge in [-0.25, -0.2) is 8.42 Å². The Kier molecular flexibility index (Phi) is 6.86. The summed E-state index contributed by atoms with van der Waals surface area (Å²) in [4.78, 5) is 18.2. The number of nitrogens with zero attached hydrogens (tertiary/aromatic N) is 4. The van der Waals surface area contributed by atoms with Gasteiger partial charge in [0.25, 0.3) is 0 Å². The summed E-state index contributed by atoms with van der Waals surface area (Å²) in [5.74, 6) is 0.0401. The number of hydrogen-bond donors (Lipinski definition) is 0. The smallest absolute Gasteiger partial charge is 0.244 e. The van der Waals surface area contributed by atoms with E-state index in [0.717, 1.165) is 17.0 Å². The lowest BCUT2D eigenvalue weighted by molar-refractivity contribution is -0.120. The van der Waals surface area contributed by atoms with Crippen LogP contribution in [0.3, 0.4) is 0 Å². The van der Waals surface area contributed by atoms with E-state index in [2.05, 4.69) is 13.0 Å². The first-order valence-corrected chi connectivity index (χ1v) is 13.0. The van der Waals surface area contributed by atoms with Gasteiger partial charge in [-0.05, 0) is 30.7 Å². The lowest BCUT2D eigenvalue weighted by Gasteiger charge is -2.34. The summed E-state index contributed by atoms with van der Waals surface area (Å²) in [6.07, 6.45) is 0.926. The molecule has 2 heterocycles. The zero-order valence-electron chi connectivity index (χ0n) is 18.0. The van der Waals surface area contributed by atoms with Crippen molar-refractivity contribution in [3.8, 4) is 6.07 Å². The van der Waals surface area contributed by atoms with Crippen molar-refractivity contribution in [2.45, 2.75) is 28.4 Å². The molecule has 32 heavy (non-hydrogen) atoms. The monoisotopic (exact) mass is 470 g/mol. The molecule has 1 amide bonds. The van der Waals surface area contributed by atoms with E-state index in [9.17, 15) is 18.5 Å². The molecule has 0 radical (unpaired) electrons. The average molecular weight is 471 g/mol. The highest BCUT2D eigenvalue weighted by molar-refractivity contribution is 8.00. The maximum Gasteiger partial charge on any atom is 0.244 e. The van der Waals surface area contributed by atoms with Crippen molar-refractivity contribution in [2.75, 3.05) is 44.2 Å². The van der Waals surface area contributed by atoms with E-state index >= 15 is 0 Å². The second-order valence-electron chi connectivity index (χ2n) is 8.02. The predicted molar refractivity (Wildman–Crippen MR) is 125 cm³/mol. The quantitative estimate of drug-likeness (QED) is 0.683. The number of para-hydroxylation sites is 1. The van der Waals surface area contributed by atoms with Crippen LogP contribution in [-0.4, -0.2) is 68.0 Å². The van der Waals surface area contributed by atoms with Gasteiger partial charge in [-0.3, -0.25) is 9.69 Å². The van der Waals surface area contributed by atoms with E-state index in [1.807, 2.05) is 34.1 Å². The Morgan fingerprint density at radius 3 is 2.50 bits per heavy atom. The van der Waals surface area contributed by atoms with Crippen LogP contribution in [0.15, 0.2) is 58.3 Å². The first-order valence-electron chi connectivity index (χ1n) is 10.7. The van der Waals surface area contributed by atoms with Gasteiger partial charge >= 0.3 is 0 Å². The Morgan fingerprint density at radius 2 is 1.75 bits per heavy atom. The van der Waals surface area contributed by atoms with Crippen LogP contribution in [0.25, 0.3) is 0 Å². The van der Waals surface area contributed by atoms with Gasteiger partial charge in [-0.1, -0.05) is 31.2 Å². The van der Waals surface area contributed by atoms with Crippen LogP contribution in [0.5, 0.6) is 0 Å². The number of amides is 1. The molecule has 0 unspecified atom stereocenters. The number of fused-ring (bicyclic) bond motifs is 1. The number of sulfonamides is 1. The van der Waals surface area contributed by atoms with E-state index in [4.69, 9.17) is 0 Å². The van der Waals surface area contributed by atoms with Crippen LogP contribution >= 0.6 is 11.8 Å². The van der Waals surface area contributed by atoms with Crippen molar-refractivity contribution < 1.29 is 13.2 Å². The third-order valence-corrected chi connectivity index (χ3v) is 9.05. The highest BCUT2D eigenvalue weighted by atomic mass is 32.2. The molecule has 0 bridgehead atoms. The van der Waals surface area contributed by atoms with Crippen LogP contribution < -0.4 is 4.90 Å². The van der Waals surface area contributed by atoms with Crippen molar-refractivity contribution >= 4 is 33.4 Å². The number of anilines is 1. The molecule has 2 aromatic carbocycles. The summed E-state index contributed by atoms with van der Waals surface area (Å²) in [6, 6.07) is 16.2. The van der Waals surface area contributed by atoms with Crippen LogP contribution in [0.1, 0.15) is 18.9 Å². The van der Waals surface area contributed by atoms with Crippen molar-refractivity contribution in [1.29, 1.82) is 5.26 Å². The highest BCUT2D eigenvalue weighted by Gasteiger charge is 2.32. The largest absolute Gasteiger partial charge is 0.310 e. The van der Waals surface area contributed by atoms with E-state index in [1.165, 1.54) is 16.4 Å². The van der Waals surface area contributed by atoms with Gasteiger partial charge in [0.2, 0.25) is 15.9 Å². The molecular formula is C23H26N4O3S2. The van der Waals surface area contributed by atoms with Crippen molar-refractivity contribution in [1.82, 2.24) is 9.21 Å². The number of carbonyl (C=O) groups is 1. The van der Waals surface area contributed by atoms with E-state index < -0.39 is 10.0 Å². The standard InChI is InChI=1S/C23H26N4O3S2/c1-18-10-11-27(20-7-3-4-8-21(20)31-18)23(28)17-25-12-14-26(15-13-25)32(29,30)22-9-5-2-6-19(22)16-24/h2-9,18H,10-15,17H2,1H3/t18-/m1/s1. The SMILES string of the molecule is C[C@@H]1CCN(C(=O)CN2CCN(S(=O)(=O)c3ccccc3C#N)CC2)c2ccccc2S1. The van der Waals surface area contributed by atoms with Crippen molar-refractivity contribution in [3.05, 3.63) is 54.1 Å². The number of rotatable bonds is 4. The van der Waals surface area contributed by atoms with Crippen molar-refractivity contribution in [2.24, 2.45) is 0 Å². The normalized spacial score (nSPS) is 20.2. The van der Waals surface area contributed by atoms with Crippen LogP contribution in [0.2, 0.25) is 0 Å². The zero-order valence-corrected chi connectivity index (χ0v) is 19.6. The summed E-state index contributed by atoms with van der Waals surface area (Å²) in [5.41, 5.74) is 1.11. The van der Waals surface area contributed by atoms with Gasteiger partial charge in [0.15, 0.2) is 0 Å². The van der Waals surface area contributed by atoms with Crippen LogP contribution in [0, 0.1) is 11.3 Å². The maximum absolute atomic E-state index is 13.2. The number of nitriles is 1. The van der Waals surface area contributed by atoms with Crippen LogP contribution in [0.4, 0.5) is 5.69 Å². The zero-order chi connectivity index (χ0) is 22.7. The molecule has 168 valence electrons. The minimum atomic E-state index is -3.74. The summed E-state index contributed by atoms with van der Waals surface area (Å²) in [6.45, 7) is 4.65. The third-order valence-electron chi connectivity index (χ3n) is 5.86. The van der Waals surface area contributed by atoms with Gasteiger partial charge < -0.3 is 4.90 Å². The summed E-state index contributed by atoms with van der Waals surface area (Å²) < 4.78 is 27.5. The Balaban J connectivity index is 1.41. The maximum atomic E-state index is 13.2. The number of thioether (sulfide) groups is 1. The van der Waals surface area contributed by atoms with E-state index in [-0.39, 0.29) is 22.9 Å². The molecule has 9 heteroatoms. The first kappa shape index (κ1) is 22.8. The van der Waals surface area contributed by atoms with Gasteiger partial charge in [0.05, 0.1) is 22.7 Å². The van der Waals surface area contributed by atoms with Crippen molar-refractivity contribution in [3.63, 3.8) is 0 Å². The minimum Gasteiger partial charge on any atom is -0.310 e. The molecule has 2 aromatic rings. The van der Waals surface area contributed by atoms with E-state index in [1.54, 1.807) is 23.9 Å².